The first-order valence-electron chi connectivity index (χ1n) is 12.0. The molecule has 3 aromatic rings. The highest BCUT2D eigenvalue weighted by Gasteiger charge is 2.37. The molecule has 1 saturated heterocycles. The monoisotopic (exact) mass is 571 g/mol. The summed E-state index contributed by atoms with van der Waals surface area (Å²) in [5.74, 6) is -0.266. The fourth-order valence-electron chi connectivity index (χ4n) is 4.16. The Labute approximate surface area is 224 Å². The number of hydrogen-bond acceptors (Lipinski definition) is 6. The van der Waals surface area contributed by atoms with Gasteiger partial charge >= 0.3 is 18.4 Å². The van der Waals surface area contributed by atoms with Crippen molar-refractivity contribution >= 4 is 12.0 Å². The summed E-state index contributed by atoms with van der Waals surface area (Å²) in [6.07, 6.45) is -9.88. The van der Waals surface area contributed by atoms with Crippen molar-refractivity contribution in [3.05, 3.63) is 70.7 Å². The Morgan fingerprint density at radius 1 is 1.02 bits per heavy atom. The van der Waals surface area contributed by atoms with E-state index in [1.165, 1.54) is 24.4 Å². The lowest BCUT2D eigenvalue weighted by Crippen LogP contribution is -2.44. The van der Waals surface area contributed by atoms with Crippen molar-refractivity contribution in [3.63, 3.8) is 0 Å². The highest BCUT2D eigenvalue weighted by molar-refractivity contribution is 5.76. The number of aryl methyl sites for hydroxylation is 1. The van der Waals surface area contributed by atoms with Crippen LogP contribution in [0.25, 0.3) is 11.3 Å². The smallest absolute Gasteiger partial charge is 0.406 e. The molecule has 1 fully saturated rings. The van der Waals surface area contributed by atoms with Crippen LogP contribution < -0.4 is 15.0 Å². The molecule has 2 aromatic carbocycles. The molecule has 1 aromatic heterocycles. The Morgan fingerprint density at radius 2 is 1.65 bits per heavy atom. The molecule has 0 spiro atoms. The van der Waals surface area contributed by atoms with Crippen molar-refractivity contribution in [3.8, 4) is 17.0 Å². The number of rotatable bonds is 5. The van der Waals surface area contributed by atoms with Gasteiger partial charge < -0.3 is 19.9 Å². The second-order valence-electron chi connectivity index (χ2n) is 9.22. The Kier molecular flexibility index (Phi) is 8.19. The standard InChI is InChI=1S/C26H24F7N5O2/c1-15-9-19(27)3-4-20(15)22-21(13-35-23(36-22)38-7-5-34-6-8-38)40-24(39)37(2)14-16-10-17(25(28,29)30)12-18(11-16)26(31,32)33/h3-4,9-13,34H,5-8,14H2,1-2H3. The summed E-state index contributed by atoms with van der Waals surface area (Å²) in [7, 11) is 1.16. The Balaban J connectivity index is 1.63. The zero-order valence-electron chi connectivity index (χ0n) is 21.3. The van der Waals surface area contributed by atoms with Gasteiger partial charge in [-0.15, -0.1) is 0 Å². The van der Waals surface area contributed by atoms with E-state index in [1.54, 1.807) is 6.92 Å². The van der Waals surface area contributed by atoms with Gasteiger partial charge in [-0.25, -0.2) is 19.2 Å². The van der Waals surface area contributed by atoms with Crippen LogP contribution in [0.2, 0.25) is 0 Å². The number of anilines is 1. The SMILES string of the molecule is Cc1cc(F)ccc1-c1nc(N2CCNCC2)ncc1OC(=O)N(C)Cc1cc(C(F)(F)F)cc(C(F)(F)F)c1. The average molecular weight is 571 g/mol. The van der Waals surface area contributed by atoms with Crippen molar-refractivity contribution in [2.45, 2.75) is 25.8 Å². The Hall–Kier alpha value is -3.94. The lowest BCUT2D eigenvalue weighted by molar-refractivity contribution is -0.143. The van der Waals surface area contributed by atoms with Crippen molar-refractivity contribution in [2.75, 3.05) is 38.1 Å². The van der Waals surface area contributed by atoms with Crippen molar-refractivity contribution in [1.29, 1.82) is 0 Å². The molecule has 1 aliphatic heterocycles. The molecule has 1 aliphatic rings. The van der Waals surface area contributed by atoms with Gasteiger partial charge in [0.2, 0.25) is 5.95 Å². The number of alkyl halides is 6. The van der Waals surface area contributed by atoms with Crippen LogP contribution in [-0.4, -0.2) is 54.2 Å². The van der Waals surface area contributed by atoms with Crippen LogP contribution in [0, 0.1) is 12.7 Å². The minimum atomic E-state index is -5.03. The third-order valence-corrected chi connectivity index (χ3v) is 6.16. The second-order valence-corrected chi connectivity index (χ2v) is 9.22. The van der Waals surface area contributed by atoms with Crippen LogP contribution in [0.15, 0.2) is 42.6 Å². The predicted molar refractivity (Wildman–Crippen MR) is 131 cm³/mol. The molecule has 0 bridgehead atoms. The molecule has 0 radical (unpaired) electrons. The number of nitrogens with zero attached hydrogens (tertiary/aromatic N) is 4. The number of amides is 1. The molecule has 0 unspecified atom stereocenters. The number of aromatic nitrogens is 2. The average Bonchev–Trinajstić information content (AvgIpc) is 2.88. The maximum absolute atomic E-state index is 13.8. The molecule has 7 nitrogen and oxygen atoms in total. The summed E-state index contributed by atoms with van der Waals surface area (Å²) >= 11 is 0. The van der Waals surface area contributed by atoms with Crippen LogP contribution in [-0.2, 0) is 18.9 Å². The van der Waals surface area contributed by atoms with E-state index >= 15 is 0 Å². The molecule has 0 aliphatic carbocycles. The lowest BCUT2D eigenvalue weighted by atomic mass is 10.0. The van der Waals surface area contributed by atoms with Crippen molar-refractivity contribution < 1.29 is 40.3 Å². The summed E-state index contributed by atoms with van der Waals surface area (Å²) in [4.78, 5) is 24.5. The second kappa shape index (κ2) is 11.3. The van der Waals surface area contributed by atoms with Crippen molar-refractivity contribution in [1.82, 2.24) is 20.2 Å². The molecule has 0 saturated carbocycles. The number of hydrogen-bond donors (Lipinski definition) is 1. The van der Waals surface area contributed by atoms with Gasteiger partial charge in [-0.2, -0.15) is 26.3 Å². The molecular weight excluding hydrogens is 547 g/mol. The number of piperazine rings is 1. The van der Waals surface area contributed by atoms with Crippen LogP contribution >= 0.6 is 0 Å². The molecule has 14 heteroatoms. The number of benzene rings is 2. The van der Waals surface area contributed by atoms with Gasteiger partial charge in [0.1, 0.15) is 11.5 Å². The van der Waals surface area contributed by atoms with Gasteiger partial charge in [0.25, 0.3) is 0 Å². The molecule has 4 rings (SSSR count). The van der Waals surface area contributed by atoms with Gasteiger partial charge in [-0.05, 0) is 54.4 Å². The van der Waals surface area contributed by atoms with E-state index in [-0.39, 0.29) is 17.5 Å². The molecule has 0 atom stereocenters. The van der Waals surface area contributed by atoms with Crippen LogP contribution in [0.1, 0.15) is 22.3 Å². The molecule has 2 heterocycles. The molecule has 1 N–H and O–H groups in total. The van der Waals surface area contributed by atoms with Gasteiger partial charge in [0.05, 0.1) is 17.3 Å². The predicted octanol–water partition coefficient (Wildman–Crippen LogP) is 5.67. The summed E-state index contributed by atoms with van der Waals surface area (Å²) in [5.41, 5.74) is -2.30. The van der Waals surface area contributed by atoms with E-state index in [0.717, 1.165) is 11.9 Å². The lowest BCUT2D eigenvalue weighted by Gasteiger charge is -2.28. The first kappa shape index (κ1) is 29.1. The summed E-state index contributed by atoms with van der Waals surface area (Å²) in [5, 5.41) is 3.20. The minimum Gasteiger partial charge on any atom is -0.406 e. The minimum absolute atomic E-state index is 0.0103. The molecule has 40 heavy (non-hydrogen) atoms. The Morgan fingerprint density at radius 3 is 2.23 bits per heavy atom. The number of nitrogens with one attached hydrogen (secondary N) is 1. The number of ether oxygens (including phenoxy) is 1. The Bertz CT molecular complexity index is 1360. The van der Waals surface area contributed by atoms with Gasteiger partial charge in [0, 0.05) is 45.3 Å². The van der Waals surface area contributed by atoms with E-state index in [2.05, 4.69) is 15.3 Å². The maximum Gasteiger partial charge on any atom is 0.416 e. The van der Waals surface area contributed by atoms with E-state index in [9.17, 15) is 35.5 Å². The van der Waals surface area contributed by atoms with E-state index in [1.807, 2.05) is 4.90 Å². The quantitative estimate of drug-likeness (QED) is 0.398. The largest absolute Gasteiger partial charge is 0.416 e. The van der Waals surface area contributed by atoms with Crippen LogP contribution in [0.4, 0.5) is 41.5 Å². The third kappa shape index (κ3) is 6.79. The topological polar surface area (TPSA) is 70.6 Å². The third-order valence-electron chi connectivity index (χ3n) is 6.16. The fraction of sp³-hybridized carbons (Fsp3) is 0.346. The highest BCUT2D eigenvalue weighted by atomic mass is 19.4. The van der Waals surface area contributed by atoms with Gasteiger partial charge in [-0.1, -0.05) is 0 Å². The zero-order valence-corrected chi connectivity index (χ0v) is 21.3. The van der Waals surface area contributed by atoms with E-state index in [0.29, 0.717) is 55.4 Å². The number of halogens is 7. The summed E-state index contributed by atoms with van der Waals surface area (Å²) in [6.45, 7) is 3.63. The van der Waals surface area contributed by atoms with Gasteiger partial charge in [-0.3, -0.25) is 0 Å². The maximum atomic E-state index is 13.8. The van der Waals surface area contributed by atoms with Gasteiger partial charge in [0.15, 0.2) is 5.75 Å². The summed E-state index contributed by atoms with van der Waals surface area (Å²) < 4.78 is 98.6. The molecule has 214 valence electrons. The van der Waals surface area contributed by atoms with E-state index in [4.69, 9.17) is 4.74 Å². The normalized spacial score (nSPS) is 14.3. The van der Waals surface area contributed by atoms with E-state index < -0.39 is 47.5 Å². The zero-order chi connectivity index (χ0) is 29.2. The van der Waals surface area contributed by atoms with Crippen LogP contribution in [0.3, 0.4) is 0 Å². The fourth-order valence-corrected chi connectivity index (χ4v) is 4.16. The molecular formula is C26H24F7N5O2. The van der Waals surface area contributed by atoms with Crippen molar-refractivity contribution in [2.24, 2.45) is 0 Å². The first-order chi connectivity index (χ1) is 18.7. The summed E-state index contributed by atoms with van der Waals surface area (Å²) in [6, 6.07) is 5.02. The number of carbonyl (C=O) groups excluding carboxylic acids is 1. The molecule has 1 amide bonds. The highest BCUT2D eigenvalue weighted by Crippen LogP contribution is 2.37. The van der Waals surface area contributed by atoms with Crippen LogP contribution in [0.5, 0.6) is 5.75 Å². The number of carbonyl (C=O) groups is 1. The first-order valence-corrected chi connectivity index (χ1v) is 12.0.